The molecule has 0 spiro atoms. The number of carbonyl (C=O) groups excluding carboxylic acids is 4. The predicted octanol–water partition coefficient (Wildman–Crippen LogP) is 5.22. The molecule has 3 amide bonds. The number of Topliss-reactive ketones (excluding diaryl/α,β-unsaturated/α-hetero) is 1. The molecule has 8 rings (SSSR count). The number of para-hydroxylation sites is 1. The van der Waals surface area contributed by atoms with Crippen molar-refractivity contribution in [1.29, 1.82) is 0 Å². The monoisotopic (exact) mass is 773 g/mol. The van der Waals surface area contributed by atoms with E-state index in [9.17, 15) is 32.0 Å². The number of hydrogen-bond donors (Lipinski definition) is 2. The minimum Gasteiger partial charge on any atom is -0.472 e. The number of nitrogens with one attached hydrogen (secondary N) is 2. The summed E-state index contributed by atoms with van der Waals surface area (Å²) >= 11 is 1.01. The third kappa shape index (κ3) is 7.22. The van der Waals surface area contributed by atoms with Crippen LogP contribution in [0.3, 0.4) is 0 Å². The van der Waals surface area contributed by atoms with E-state index in [1.165, 1.54) is 23.2 Å². The maximum atomic E-state index is 14.6. The summed E-state index contributed by atoms with van der Waals surface area (Å²) in [4.78, 5) is 62.7. The molecule has 15 heteroatoms. The van der Waals surface area contributed by atoms with E-state index in [0.717, 1.165) is 29.8 Å². The fourth-order valence-corrected chi connectivity index (χ4v) is 9.78. The molecular weight excluding hydrogens is 734 g/mol. The first-order chi connectivity index (χ1) is 26.0. The van der Waals surface area contributed by atoms with Crippen LogP contribution in [0.2, 0.25) is 0 Å². The number of ether oxygens (including phenoxy) is 1. The zero-order valence-electron chi connectivity index (χ0n) is 29.4. The molecule has 4 aromatic rings. The summed E-state index contributed by atoms with van der Waals surface area (Å²) in [5, 5.41) is 4.17. The molecule has 2 N–H and O–H groups in total. The molecule has 12 nitrogen and oxygen atoms in total. The first-order valence-electron chi connectivity index (χ1n) is 18.4. The summed E-state index contributed by atoms with van der Waals surface area (Å²) in [6, 6.07) is 11.2. The molecule has 0 radical (unpaired) electrons. The van der Waals surface area contributed by atoms with E-state index in [4.69, 9.17) is 9.72 Å². The Balaban J connectivity index is 1.13. The average molecular weight is 774 g/mol. The average Bonchev–Trinajstić information content (AvgIpc) is 4.01. The number of fused-ring (bicyclic) bond motifs is 5. The summed E-state index contributed by atoms with van der Waals surface area (Å²) in [5.41, 5.74) is -0.693. The van der Waals surface area contributed by atoms with Gasteiger partial charge in [0, 0.05) is 29.8 Å². The Bertz CT molecular complexity index is 2280. The Morgan fingerprint density at radius 1 is 1.00 bits per heavy atom. The van der Waals surface area contributed by atoms with E-state index >= 15 is 0 Å². The van der Waals surface area contributed by atoms with E-state index in [1.54, 1.807) is 18.2 Å². The smallest absolute Gasteiger partial charge is 0.263 e. The van der Waals surface area contributed by atoms with Crippen LogP contribution >= 0.6 is 11.5 Å². The fraction of sp³-hybridized carbons (Fsp3) is 0.436. The number of rotatable bonds is 7. The van der Waals surface area contributed by atoms with E-state index in [0.29, 0.717) is 59.7 Å². The van der Waals surface area contributed by atoms with E-state index in [2.05, 4.69) is 14.4 Å². The normalized spacial score (nSPS) is 27.0. The topological polar surface area (TPSA) is 165 Å². The Hall–Kier alpha value is -4.76. The summed E-state index contributed by atoms with van der Waals surface area (Å²) in [7, 11) is -3.87. The lowest BCUT2D eigenvalue weighted by Gasteiger charge is -2.29. The van der Waals surface area contributed by atoms with Gasteiger partial charge in [-0.3, -0.25) is 23.9 Å². The molecule has 2 aliphatic heterocycles. The van der Waals surface area contributed by atoms with Gasteiger partial charge in [-0.1, -0.05) is 43.2 Å². The minimum absolute atomic E-state index is 0.0159. The minimum atomic E-state index is -3.87. The highest BCUT2D eigenvalue weighted by atomic mass is 32.2. The zero-order chi connectivity index (χ0) is 37.6. The van der Waals surface area contributed by atoms with Crippen LogP contribution in [0.5, 0.6) is 5.88 Å². The van der Waals surface area contributed by atoms with Gasteiger partial charge in [-0.25, -0.2) is 22.2 Å². The van der Waals surface area contributed by atoms with Crippen molar-refractivity contribution in [1.82, 2.24) is 24.3 Å². The SMILES string of the molecule is O=C(N[C@H]1CCCCC/C=C\[C@@H]2C[C@@]2(C(=O)NS(=O)(=O)C2CC2)CC(=O)[C@@H]2C[C@@H](Oc3nc4ccccc4c4cc(F)ccc34)CN2C1=O)c1ccns1. The molecular formula is C39H40FN5O7S2. The zero-order valence-corrected chi connectivity index (χ0v) is 31.0. The Morgan fingerprint density at radius 3 is 2.63 bits per heavy atom. The number of allylic oxidation sites excluding steroid dienone is 2. The molecule has 2 saturated carbocycles. The van der Waals surface area contributed by atoms with Crippen LogP contribution in [0.4, 0.5) is 4.39 Å². The second-order valence-corrected chi connectivity index (χ2v) is 17.7. The third-order valence-electron chi connectivity index (χ3n) is 11.1. The van der Waals surface area contributed by atoms with Crippen molar-refractivity contribution in [3.8, 4) is 5.88 Å². The van der Waals surface area contributed by atoms with E-state index in [-0.39, 0.29) is 31.2 Å². The van der Waals surface area contributed by atoms with Gasteiger partial charge >= 0.3 is 0 Å². The number of sulfonamides is 1. The maximum absolute atomic E-state index is 14.6. The molecule has 0 bridgehead atoms. The quantitative estimate of drug-likeness (QED) is 0.189. The molecule has 282 valence electrons. The van der Waals surface area contributed by atoms with Crippen molar-refractivity contribution in [2.75, 3.05) is 6.54 Å². The molecule has 2 aliphatic carbocycles. The molecule has 1 saturated heterocycles. The molecule has 4 aliphatic rings. The van der Waals surface area contributed by atoms with Crippen molar-refractivity contribution in [2.24, 2.45) is 11.3 Å². The van der Waals surface area contributed by atoms with Gasteiger partial charge in [0.15, 0.2) is 5.78 Å². The number of ketones is 1. The Labute approximate surface area is 315 Å². The lowest BCUT2D eigenvalue weighted by Crippen LogP contribution is -2.52. The highest BCUT2D eigenvalue weighted by molar-refractivity contribution is 7.90. The number of amides is 3. The highest BCUT2D eigenvalue weighted by Gasteiger charge is 2.61. The third-order valence-corrected chi connectivity index (χ3v) is 13.7. The Kier molecular flexibility index (Phi) is 9.71. The van der Waals surface area contributed by atoms with Crippen LogP contribution in [0.15, 0.2) is 66.9 Å². The van der Waals surface area contributed by atoms with Gasteiger partial charge in [0.05, 0.1) is 28.8 Å². The van der Waals surface area contributed by atoms with Crippen LogP contribution < -0.4 is 14.8 Å². The van der Waals surface area contributed by atoms with Gasteiger partial charge in [0.1, 0.15) is 22.8 Å². The van der Waals surface area contributed by atoms with Crippen molar-refractivity contribution in [2.45, 2.75) is 87.6 Å². The number of aromatic nitrogens is 2. The molecule has 4 heterocycles. The lowest BCUT2D eigenvalue weighted by atomic mass is 9.91. The molecule has 2 aromatic heterocycles. The summed E-state index contributed by atoms with van der Waals surface area (Å²) in [5.74, 6) is -2.53. The van der Waals surface area contributed by atoms with Crippen LogP contribution in [-0.2, 0) is 24.4 Å². The highest BCUT2D eigenvalue weighted by Crippen LogP contribution is 2.57. The van der Waals surface area contributed by atoms with E-state index < -0.39 is 68.2 Å². The standard InChI is InChI=1S/C39H40FN5O7S2/c40-24-12-15-28-29(18-24)27-9-6-7-10-30(27)43-36(28)52-25-19-32-33(46)21-39(38(49)44-54(50,51)26-13-14-26)20-23(39)8-4-2-1-3-5-11-31(37(48)45(32)22-25)42-35(47)34-16-17-41-53-34/h4,6-10,12,15-18,23,25-26,31-32H,1-3,5,11,13-14,19-22H2,(H,42,47)(H,44,49)/b8-4-/t23-,25-,31+,32+,39-/m1/s1. The Morgan fingerprint density at radius 2 is 1.83 bits per heavy atom. The number of carbonyl (C=O) groups is 4. The lowest BCUT2D eigenvalue weighted by molar-refractivity contribution is -0.140. The van der Waals surface area contributed by atoms with Crippen molar-refractivity contribution >= 4 is 66.7 Å². The van der Waals surface area contributed by atoms with Crippen LogP contribution in [-0.4, -0.2) is 76.2 Å². The van der Waals surface area contributed by atoms with E-state index in [1.807, 2.05) is 30.4 Å². The number of nitrogens with zero attached hydrogens (tertiary/aromatic N) is 3. The first-order valence-corrected chi connectivity index (χ1v) is 20.8. The first kappa shape index (κ1) is 36.2. The maximum Gasteiger partial charge on any atom is 0.263 e. The molecule has 0 unspecified atom stereocenters. The molecule has 54 heavy (non-hydrogen) atoms. The summed E-state index contributed by atoms with van der Waals surface area (Å²) in [6.45, 7) is -0.0159. The number of hydrogen-bond acceptors (Lipinski definition) is 10. The van der Waals surface area contributed by atoms with Crippen molar-refractivity contribution in [3.63, 3.8) is 0 Å². The second kappa shape index (κ2) is 14.5. The number of benzene rings is 2. The van der Waals surface area contributed by atoms with Crippen molar-refractivity contribution in [3.05, 3.63) is 77.6 Å². The van der Waals surface area contributed by atoms with Gasteiger partial charge in [0.25, 0.3) is 5.91 Å². The molecule has 3 fully saturated rings. The van der Waals surface area contributed by atoms with Crippen molar-refractivity contribution < 1.29 is 36.7 Å². The van der Waals surface area contributed by atoms with Crippen LogP contribution in [0.1, 0.15) is 73.9 Å². The van der Waals surface area contributed by atoms with Gasteiger partial charge in [-0.05, 0) is 91.7 Å². The van der Waals surface area contributed by atoms with Gasteiger partial charge < -0.3 is 15.0 Å². The second-order valence-electron chi connectivity index (χ2n) is 14.9. The predicted molar refractivity (Wildman–Crippen MR) is 200 cm³/mol. The van der Waals surface area contributed by atoms with Gasteiger partial charge in [0.2, 0.25) is 27.7 Å². The van der Waals surface area contributed by atoms with Gasteiger partial charge in [-0.15, -0.1) is 0 Å². The number of pyridine rings is 1. The van der Waals surface area contributed by atoms with Crippen LogP contribution in [0.25, 0.3) is 21.7 Å². The molecule has 2 aromatic carbocycles. The fourth-order valence-electron chi connectivity index (χ4n) is 7.89. The summed E-state index contributed by atoms with van der Waals surface area (Å²) < 4.78 is 53.0. The largest absolute Gasteiger partial charge is 0.472 e. The molecule has 5 atom stereocenters. The van der Waals surface area contributed by atoms with Crippen LogP contribution in [0, 0.1) is 17.2 Å². The summed E-state index contributed by atoms with van der Waals surface area (Å²) in [6.07, 6.45) is 9.00. The number of halogens is 1. The van der Waals surface area contributed by atoms with Gasteiger partial charge in [-0.2, -0.15) is 0 Å².